The van der Waals surface area contributed by atoms with E-state index in [1.807, 2.05) is 125 Å². The molecule has 2 aliphatic rings. The zero-order chi connectivity index (χ0) is 49.6. The fourth-order valence-electron chi connectivity index (χ4n) is 8.67. The number of unbranched alkanes of at least 4 members (excludes halogenated alkanes) is 1. The second kappa shape index (κ2) is 21.5. The number of carbonyl (C=O) groups excluding carboxylic acids is 4. The summed E-state index contributed by atoms with van der Waals surface area (Å²) in [5.74, 6) is 0.00531. The zero-order valence-electron chi connectivity index (χ0n) is 39.6. The zero-order valence-corrected chi connectivity index (χ0v) is 41.2. The quantitative estimate of drug-likeness (QED) is 0.0631. The Balaban J connectivity index is 0.838. The lowest BCUT2D eigenvalue weighted by Crippen LogP contribution is -2.57. The third kappa shape index (κ3) is 11.5. The molecule has 0 spiro atoms. The Morgan fingerprint density at radius 3 is 2.23 bits per heavy atom. The summed E-state index contributed by atoms with van der Waals surface area (Å²) in [5.41, 5.74) is 3.67. The molecule has 16 heteroatoms. The van der Waals surface area contributed by atoms with Gasteiger partial charge in [0.1, 0.15) is 30.0 Å². The third-order valence-corrected chi connectivity index (χ3v) is 13.2. The highest BCUT2D eigenvalue weighted by molar-refractivity contribution is 7.81. The number of aromatic nitrogens is 1. The Hall–Kier alpha value is -6.44. The van der Waals surface area contributed by atoms with E-state index in [1.54, 1.807) is 24.4 Å². The van der Waals surface area contributed by atoms with Crippen LogP contribution in [0.25, 0.3) is 22.5 Å². The molecule has 0 saturated carbocycles. The average molecular weight is 974 g/mol. The minimum Gasteiger partial charge on any atom is -0.494 e. The molecule has 360 valence electrons. The molecule has 2 saturated heterocycles. The second-order valence-corrected chi connectivity index (χ2v) is 19.9. The number of ketones is 1. The van der Waals surface area contributed by atoms with Crippen LogP contribution in [0.1, 0.15) is 84.3 Å². The number of anilines is 2. The lowest BCUT2D eigenvalue weighted by molar-refractivity contribution is -0.144. The van der Waals surface area contributed by atoms with Crippen LogP contribution < -0.4 is 19.9 Å². The van der Waals surface area contributed by atoms with Crippen molar-refractivity contribution in [1.29, 1.82) is 5.26 Å². The Morgan fingerprint density at radius 1 is 0.971 bits per heavy atom. The summed E-state index contributed by atoms with van der Waals surface area (Å²) >= 11 is 12.1. The van der Waals surface area contributed by atoms with E-state index in [4.69, 9.17) is 37.7 Å². The molecular formula is C53H57ClN6O8S. The molecule has 2 fully saturated rings. The number of aliphatic hydroxyl groups excluding tert-OH is 1. The highest BCUT2D eigenvalue weighted by Crippen LogP contribution is 2.38. The maximum atomic E-state index is 14.1. The molecule has 4 atom stereocenters. The van der Waals surface area contributed by atoms with Gasteiger partial charge < -0.3 is 34.1 Å². The number of carbonyl (C=O) groups is 4. The Morgan fingerprint density at radius 2 is 1.61 bits per heavy atom. The van der Waals surface area contributed by atoms with Gasteiger partial charge in [0, 0.05) is 37.2 Å². The van der Waals surface area contributed by atoms with Crippen LogP contribution in [0.5, 0.6) is 5.75 Å². The minimum atomic E-state index is -0.970. The van der Waals surface area contributed by atoms with Gasteiger partial charge in [-0.15, -0.1) is 0 Å². The van der Waals surface area contributed by atoms with Crippen LogP contribution in [0.2, 0.25) is 5.02 Å². The average Bonchev–Trinajstić information content (AvgIpc) is 4.05. The van der Waals surface area contributed by atoms with E-state index in [9.17, 15) is 29.5 Å². The molecule has 14 nitrogen and oxygen atoms in total. The van der Waals surface area contributed by atoms with E-state index in [1.165, 1.54) is 16.2 Å². The van der Waals surface area contributed by atoms with Crippen LogP contribution in [0.4, 0.5) is 11.4 Å². The molecule has 0 unspecified atom stereocenters. The monoisotopic (exact) mass is 972 g/mol. The highest BCUT2D eigenvalue weighted by Gasteiger charge is 2.50. The van der Waals surface area contributed by atoms with Gasteiger partial charge in [0.25, 0.3) is 5.91 Å². The maximum Gasteiger partial charge on any atom is 0.259 e. The van der Waals surface area contributed by atoms with Crippen molar-refractivity contribution in [2.24, 2.45) is 5.41 Å². The van der Waals surface area contributed by atoms with Gasteiger partial charge in [-0.25, -0.2) is 4.98 Å². The van der Waals surface area contributed by atoms with Crippen LogP contribution in [-0.2, 0) is 23.9 Å². The Kier molecular flexibility index (Phi) is 15.7. The summed E-state index contributed by atoms with van der Waals surface area (Å²) < 4.78 is 17.0. The molecule has 2 aliphatic heterocycles. The van der Waals surface area contributed by atoms with Gasteiger partial charge in [0.2, 0.25) is 11.8 Å². The van der Waals surface area contributed by atoms with E-state index in [2.05, 4.69) is 10.3 Å². The first-order chi connectivity index (χ1) is 32.9. The molecule has 0 bridgehead atoms. The molecule has 3 heterocycles. The molecule has 5 aromatic rings. The number of amides is 3. The molecule has 2 N–H and O–H groups in total. The van der Waals surface area contributed by atoms with Crippen molar-refractivity contribution in [3.05, 3.63) is 120 Å². The number of hydrogen-bond donors (Lipinski definition) is 2. The molecule has 0 aliphatic carbocycles. The lowest BCUT2D eigenvalue weighted by atomic mass is 9.85. The van der Waals surface area contributed by atoms with Gasteiger partial charge in [-0.3, -0.25) is 24.1 Å². The first-order valence-electron chi connectivity index (χ1n) is 23.0. The van der Waals surface area contributed by atoms with Gasteiger partial charge in [0.05, 0.1) is 41.2 Å². The van der Waals surface area contributed by atoms with Crippen LogP contribution in [-0.4, -0.2) is 93.7 Å². The van der Waals surface area contributed by atoms with E-state index < -0.39 is 41.0 Å². The second-order valence-electron chi connectivity index (χ2n) is 19.1. The smallest absolute Gasteiger partial charge is 0.259 e. The summed E-state index contributed by atoms with van der Waals surface area (Å²) in [4.78, 5) is 63.2. The number of thiocarbonyl (C=S) groups is 1. The van der Waals surface area contributed by atoms with Crippen LogP contribution in [0.3, 0.4) is 0 Å². The van der Waals surface area contributed by atoms with Gasteiger partial charge in [-0.2, -0.15) is 5.26 Å². The van der Waals surface area contributed by atoms with Crippen molar-refractivity contribution in [3.63, 3.8) is 0 Å². The first-order valence-corrected chi connectivity index (χ1v) is 23.7. The number of nitrogens with zero attached hydrogens (tertiary/aromatic N) is 5. The molecule has 7 rings (SSSR count). The summed E-state index contributed by atoms with van der Waals surface area (Å²) in [5, 5.41) is 23.3. The summed E-state index contributed by atoms with van der Waals surface area (Å²) in [6.45, 7) is 11.6. The standard InChI is InChI=1S/C53H57ClN6O8S/c1-33(34-9-11-37(12-10-34)46-29-56-32-68-46)25-45(62)44-27-41(61)30-58(44)49(64)48(52(2,3)4)57-47(63)31-66-23-7-8-24-67-42-21-16-36(17-22-42)35-13-18-39(19-14-35)60-51(69)59(50(65)53(60,5)6)40-20-15-38(28-55)43(54)26-40/h9-22,26,29,32-33,41,44,48,61H,7-8,23-25,27,30-31H2,1-6H3,(H,57,63)/t33-,41-,44+,48-/m1/s1. The molecule has 69 heavy (non-hydrogen) atoms. The molecule has 0 radical (unpaired) electrons. The Bertz CT molecular complexity index is 2700. The number of β-amino-alcohol motifs (C(OH)–C–C–N with tert-alkyl or cyclic N) is 1. The first kappa shape index (κ1) is 50.4. The topological polar surface area (TPSA) is 179 Å². The molecule has 1 aromatic heterocycles. The maximum absolute atomic E-state index is 14.1. The number of ether oxygens (including phenoxy) is 2. The number of halogens is 1. The minimum absolute atomic E-state index is 0.00744. The van der Waals surface area contributed by atoms with E-state index in [0.29, 0.717) is 53.9 Å². The van der Waals surface area contributed by atoms with Gasteiger partial charge in [0.15, 0.2) is 23.0 Å². The molecular weight excluding hydrogens is 916 g/mol. The normalized spacial score (nSPS) is 17.7. The number of nitriles is 1. The predicted octanol–water partition coefficient (Wildman–Crippen LogP) is 8.88. The fourth-order valence-corrected chi connectivity index (χ4v) is 9.41. The third-order valence-electron chi connectivity index (χ3n) is 12.6. The SMILES string of the molecule is C[C@H](CC(=O)[C@@H]1C[C@@H](O)CN1C(=O)[C@@H](NC(=O)COCCCCOc1ccc(-c2ccc(N3C(=S)N(c4ccc(C#N)c(Cl)c4)C(=O)C3(C)C)cc2)cc1)C(C)(C)C)c1ccc(-c2cnco2)cc1. The fraction of sp³-hybridized carbons (Fsp3) is 0.377. The van der Waals surface area contributed by atoms with Crippen molar-refractivity contribution < 1.29 is 38.2 Å². The number of likely N-dealkylation sites (tertiary alicyclic amines) is 1. The number of benzene rings is 4. The number of rotatable bonds is 18. The number of hydrogen-bond acceptors (Lipinski definition) is 11. The number of oxazole rings is 1. The summed E-state index contributed by atoms with van der Waals surface area (Å²) in [6, 6.07) is 28.4. The van der Waals surface area contributed by atoms with Crippen LogP contribution in [0, 0.1) is 16.7 Å². The summed E-state index contributed by atoms with van der Waals surface area (Å²) in [6.07, 6.45) is 3.79. The van der Waals surface area contributed by atoms with Gasteiger partial charge in [-0.05, 0) is 109 Å². The van der Waals surface area contributed by atoms with E-state index >= 15 is 0 Å². The van der Waals surface area contributed by atoms with Crippen LogP contribution >= 0.6 is 23.8 Å². The van der Waals surface area contributed by atoms with E-state index in [-0.39, 0.29) is 48.6 Å². The number of nitrogens with one attached hydrogen (secondary N) is 1. The predicted molar refractivity (Wildman–Crippen MR) is 268 cm³/mol. The number of Topliss-reactive ketones (excluding diaryl/α,β-unsaturated/α-hetero) is 1. The van der Waals surface area contributed by atoms with Crippen molar-refractivity contribution >= 4 is 63.8 Å². The van der Waals surface area contributed by atoms with Crippen molar-refractivity contribution in [3.8, 4) is 34.3 Å². The summed E-state index contributed by atoms with van der Waals surface area (Å²) in [7, 11) is 0. The largest absolute Gasteiger partial charge is 0.494 e. The number of aliphatic hydroxyl groups is 1. The van der Waals surface area contributed by atoms with Gasteiger partial charge >= 0.3 is 0 Å². The van der Waals surface area contributed by atoms with E-state index in [0.717, 1.165) is 27.9 Å². The molecule has 4 aromatic carbocycles. The van der Waals surface area contributed by atoms with Crippen molar-refractivity contribution in [1.82, 2.24) is 15.2 Å². The van der Waals surface area contributed by atoms with Crippen molar-refractivity contribution in [2.45, 2.75) is 96.9 Å². The van der Waals surface area contributed by atoms with Gasteiger partial charge in [-0.1, -0.05) is 87.8 Å². The highest BCUT2D eigenvalue weighted by atomic mass is 35.5. The lowest BCUT2D eigenvalue weighted by Gasteiger charge is -2.35. The van der Waals surface area contributed by atoms with Crippen molar-refractivity contribution in [2.75, 3.05) is 36.2 Å². The molecule has 3 amide bonds. The van der Waals surface area contributed by atoms with Crippen LogP contribution in [0.15, 0.2) is 108 Å². The Labute approximate surface area is 413 Å².